The van der Waals surface area contributed by atoms with Crippen molar-refractivity contribution in [3.05, 3.63) is 29.8 Å². The van der Waals surface area contributed by atoms with E-state index in [2.05, 4.69) is 0 Å². The fraction of sp³-hybridized carbons (Fsp3) is 0.556. The van der Waals surface area contributed by atoms with Crippen molar-refractivity contribution >= 4 is 11.8 Å². The predicted molar refractivity (Wildman–Crippen MR) is 90.6 cm³/mol. The van der Waals surface area contributed by atoms with Crippen LogP contribution in [0.4, 0.5) is 0 Å². The van der Waals surface area contributed by atoms with Crippen molar-refractivity contribution in [2.45, 2.75) is 38.3 Å². The van der Waals surface area contributed by atoms with E-state index in [0.29, 0.717) is 6.54 Å². The van der Waals surface area contributed by atoms with Crippen LogP contribution in [0.3, 0.4) is 0 Å². The highest BCUT2D eigenvalue weighted by molar-refractivity contribution is 5.84. The van der Waals surface area contributed by atoms with Crippen molar-refractivity contribution < 1.29 is 19.4 Å². The molecule has 0 spiro atoms. The molecule has 1 aromatic rings. The van der Waals surface area contributed by atoms with E-state index in [1.165, 1.54) is 11.8 Å². The van der Waals surface area contributed by atoms with Gasteiger partial charge < -0.3 is 19.6 Å². The fourth-order valence-corrected chi connectivity index (χ4v) is 3.18. The number of benzene rings is 1. The van der Waals surface area contributed by atoms with E-state index in [1.807, 2.05) is 12.1 Å². The number of carbonyl (C=O) groups excluding carboxylic acids is 2. The standard InChI is InChI=1S/C18H26N2O4/c1-13(21)19(3)12-17(22)20-11-5-6-16(20)18(2,23)14-7-9-15(24-4)10-8-14/h7-10,16,23H,5-6,11-12H2,1-4H3/t16-,18-/m0/s1. The van der Waals surface area contributed by atoms with Gasteiger partial charge in [0.25, 0.3) is 0 Å². The number of hydrogen-bond donors (Lipinski definition) is 1. The Labute approximate surface area is 143 Å². The van der Waals surface area contributed by atoms with Crippen LogP contribution >= 0.6 is 0 Å². The molecule has 2 rings (SSSR count). The Bertz CT molecular complexity index is 598. The van der Waals surface area contributed by atoms with Crippen molar-refractivity contribution in [3.8, 4) is 5.75 Å². The topological polar surface area (TPSA) is 70.1 Å². The average Bonchev–Trinajstić information content (AvgIpc) is 3.05. The molecule has 1 saturated heterocycles. The SMILES string of the molecule is COc1ccc([C@](C)(O)[C@@H]2CCCN2C(=O)CN(C)C(C)=O)cc1. The second kappa shape index (κ2) is 7.21. The maximum Gasteiger partial charge on any atom is 0.242 e. The summed E-state index contributed by atoms with van der Waals surface area (Å²) in [6.45, 7) is 3.80. The van der Waals surface area contributed by atoms with Gasteiger partial charge >= 0.3 is 0 Å². The van der Waals surface area contributed by atoms with Gasteiger partial charge in [0, 0.05) is 20.5 Å². The fourth-order valence-electron chi connectivity index (χ4n) is 3.18. The van der Waals surface area contributed by atoms with Gasteiger partial charge in [-0.3, -0.25) is 9.59 Å². The lowest BCUT2D eigenvalue weighted by Crippen LogP contribution is -2.50. The minimum Gasteiger partial charge on any atom is -0.497 e. The van der Waals surface area contributed by atoms with Crippen LogP contribution in [0.5, 0.6) is 5.75 Å². The number of likely N-dealkylation sites (N-methyl/N-ethyl adjacent to an activating group) is 1. The lowest BCUT2D eigenvalue weighted by molar-refractivity contribution is -0.142. The first-order valence-corrected chi connectivity index (χ1v) is 8.15. The molecule has 1 heterocycles. The van der Waals surface area contributed by atoms with Crippen LogP contribution in [0.25, 0.3) is 0 Å². The molecule has 0 aromatic heterocycles. The Morgan fingerprint density at radius 1 is 1.38 bits per heavy atom. The molecule has 1 aliphatic heterocycles. The summed E-state index contributed by atoms with van der Waals surface area (Å²) in [5, 5.41) is 11.1. The molecule has 0 radical (unpaired) electrons. The van der Waals surface area contributed by atoms with Gasteiger partial charge in [0.1, 0.15) is 11.4 Å². The van der Waals surface area contributed by atoms with Crippen molar-refractivity contribution in [2.75, 3.05) is 27.2 Å². The van der Waals surface area contributed by atoms with Gasteiger partial charge in [0.2, 0.25) is 11.8 Å². The summed E-state index contributed by atoms with van der Waals surface area (Å²) < 4.78 is 5.15. The zero-order valence-corrected chi connectivity index (χ0v) is 14.8. The van der Waals surface area contributed by atoms with Crippen LogP contribution in [0.2, 0.25) is 0 Å². The molecule has 0 saturated carbocycles. The van der Waals surface area contributed by atoms with Crippen LogP contribution in [-0.2, 0) is 15.2 Å². The molecule has 1 fully saturated rings. The van der Waals surface area contributed by atoms with Gasteiger partial charge in [-0.25, -0.2) is 0 Å². The lowest BCUT2D eigenvalue weighted by Gasteiger charge is -2.37. The summed E-state index contributed by atoms with van der Waals surface area (Å²) in [5.74, 6) is 0.432. The Hall–Kier alpha value is -2.08. The van der Waals surface area contributed by atoms with E-state index in [9.17, 15) is 14.7 Å². The molecule has 132 valence electrons. The highest BCUT2D eigenvalue weighted by atomic mass is 16.5. The van der Waals surface area contributed by atoms with Crippen molar-refractivity contribution in [1.29, 1.82) is 0 Å². The first-order chi connectivity index (χ1) is 11.3. The minimum absolute atomic E-state index is 0.0323. The van der Waals surface area contributed by atoms with Gasteiger partial charge in [0.05, 0.1) is 19.7 Å². The summed E-state index contributed by atoms with van der Waals surface area (Å²) in [7, 11) is 3.20. The number of rotatable bonds is 5. The predicted octanol–water partition coefficient (Wildman–Crippen LogP) is 1.37. The third kappa shape index (κ3) is 3.70. The smallest absolute Gasteiger partial charge is 0.242 e. The van der Waals surface area contributed by atoms with E-state index in [1.54, 1.807) is 38.1 Å². The molecular weight excluding hydrogens is 308 g/mol. The van der Waals surface area contributed by atoms with Crippen LogP contribution < -0.4 is 4.74 Å². The summed E-state index contributed by atoms with van der Waals surface area (Å²) in [6.07, 6.45) is 1.57. The number of ether oxygens (including phenoxy) is 1. The first kappa shape index (κ1) is 18.3. The van der Waals surface area contributed by atoms with E-state index < -0.39 is 5.60 Å². The quantitative estimate of drug-likeness (QED) is 0.883. The number of hydrogen-bond acceptors (Lipinski definition) is 4. The van der Waals surface area contributed by atoms with Gasteiger partial charge in [-0.1, -0.05) is 12.1 Å². The van der Waals surface area contributed by atoms with Crippen LogP contribution in [0.15, 0.2) is 24.3 Å². The Morgan fingerprint density at radius 3 is 2.54 bits per heavy atom. The third-order valence-electron chi connectivity index (χ3n) is 4.81. The van der Waals surface area contributed by atoms with Crippen LogP contribution in [0.1, 0.15) is 32.3 Å². The first-order valence-electron chi connectivity index (χ1n) is 8.15. The second-order valence-corrected chi connectivity index (χ2v) is 6.50. The lowest BCUT2D eigenvalue weighted by atomic mass is 9.86. The molecule has 2 atom stereocenters. The van der Waals surface area contributed by atoms with Crippen LogP contribution in [0, 0.1) is 0 Å². The highest BCUT2D eigenvalue weighted by Crippen LogP contribution is 2.35. The molecular formula is C18H26N2O4. The summed E-state index contributed by atoms with van der Waals surface area (Å²) in [6, 6.07) is 6.94. The van der Waals surface area contributed by atoms with E-state index >= 15 is 0 Å². The molecule has 1 aromatic carbocycles. The van der Waals surface area contributed by atoms with Gasteiger partial charge in [-0.15, -0.1) is 0 Å². The van der Waals surface area contributed by atoms with E-state index in [4.69, 9.17) is 4.74 Å². The summed E-state index contributed by atoms with van der Waals surface area (Å²) in [5.41, 5.74) is -0.416. The van der Waals surface area contributed by atoms with Crippen LogP contribution in [-0.4, -0.2) is 60.0 Å². The number of nitrogens with zero attached hydrogens (tertiary/aromatic N) is 2. The maximum atomic E-state index is 12.5. The number of amides is 2. The highest BCUT2D eigenvalue weighted by Gasteiger charge is 2.42. The summed E-state index contributed by atoms with van der Waals surface area (Å²) in [4.78, 5) is 27.0. The average molecular weight is 334 g/mol. The Balaban J connectivity index is 2.18. The Kier molecular flexibility index (Phi) is 5.49. The van der Waals surface area contributed by atoms with E-state index in [-0.39, 0.29) is 24.4 Å². The molecule has 0 unspecified atom stereocenters. The zero-order chi connectivity index (χ0) is 17.9. The van der Waals surface area contributed by atoms with E-state index in [0.717, 1.165) is 24.2 Å². The van der Waals surface area contributed by atoms with Crippen molar-refractivity contribution in [2.24, 2.45) is 0 Å². The number of aliphatic hydroxyl groups is 1. The molecule has 0 bridgehead atoms. The zero-order valence-electron chi connectivity index (χ0n) is 14.8. The minimum atomic E-state index is -1.16. The number of methoxy groups -OCH3 is 1. The Morgan fingerprint density at radius 2 is 2.00 bits per heavy atom. The van der Waals surface area contributed by atoms with Gasteiger partial charge in [-0.05, 0) is 37.5 Å². The van der Waals surface area contributed by atoms with Crippen molar-refractivity contribution in [3.63, 3.8) is 0 Å². The number of likely N-dealkylation sites (tertiary alicyclic amines) is 1. The normalized spacial score (nSPS) is 19.7. The van der Waals surface area contributed by atoms with Crippen molar-refractivity contribution in [1.82, 2.24) is 9.80 Å². The molecule has 0 aliphatic carbocycles. The molecule has 6 heteroatoms. The monoisotopic (exact) mass is 334 g/mol. The maximum absolute atomic E-state index is 12.5. The molecule has 1 N–H and O–H groups in total. The summed E-state index contributed by atoms with van der Waals surface area (Å²) >= 11 is 0. The van der Waals surface area contributed by atoms with Gasteiger partial charge in [-0.2, -0.15) is 0 Å². The number of carbonyl (C=O) groups is 2. The molecule has 6 nitrogen and oxygen atoms in total. The largest absolute Gasteiger partial charge is 0.497 e. The molecule has 2 amide bonds. The van der Waals surface area contributed by atoms with Gasteiger partial charge in [0.15, 0.2) is 0 Å². The third-order valence-corrected chi connectivity index (χ3v) is 4.81. The second-order valence-electron chi connectivity index (χ2n) is 6.50. The molecule has 1 aliphatic rings. The molecule has 24 heavy (non-hydrogen) atoms.